The zero-order valence-electron chi connectivity index (χ0n) is 20.8. The maximum Gasteiger partial charge on any atom is 0.227 e. The molecule has 2 heterocycles. The van der Waals surface area contributed by atoms with Gasteiger partial charge >= 0.3 is 0 Å². The monoisotopic (exact) mass is 478 g/mol. The molecule has 0 radical (unpaired) electrons. The van der Waals surface area contributed by atoms with Crippen molar-refractivity contribution in [3.63, 3.8) is 0 Å². The van der Waals surface area contributed by atoms with Crippen molar-refractivity contribution in [2.75, 3.05) is 0 Å². The van der Waals surface area contributed by atoms with Crippen LogP contribution >= 0.6 is 0 Å². The molecule has 7 aromatic rings. The van der Waals surface area contributed by atoms with E-state index in [0.717, 1.165) is 16.7 Å². The molecule has 2 aromatic heterocycles. The Bertz CT molecular complexity index is 1850. The van der Waals surface area contributed by atoms with Crippen molar-refractivity contribution in [1.82, 2.24) is 9.55 Å². The summed E-state index contributed by atoms with van der Waals surface area (Å²) in [4.78, 5) is 4.64. The van der Waals surface area contributed by atoms with Crippen LogP contribution in [0.4, 0.5) is 0 Å². The standard InChI is InChI=1S/C34H26N2O/c1-22(2)23-15-18-27(19-16-23)36-31-9-5-3-7-28(31)29-21-26(17-20-32(29)36)24-11-13-25(14-12-24)34-35-30-8-4-6-10-33(30)37-34/h3-22H,1-2H3. The van der Waals surface area contributed by atoms with Crippen molar-refractivity contribution in [1.29, 1.82) is 0 Å². The van der Waals surface area contributed by atoms with Gasteiger partial charge in [0.15, 0.2) is 5.58 Å². The molecule has 0 aliphatic carbocycles. The molecule has 0 unspecified atom stereocenters. The Hall–Kier alpha value is -4.63. The lowest BCUT2D eigenvalue weighted by atomic mass is 10.0. The first-order valence-corrected chi connectivity index (χ1v) is 12.8. The first-order chi connectivity index (χ1) is 18.2. The van der Waals surface area contributed by atoms with Crippen molar-refractivity contribution < 1.29 is 4.42 Å². The number of hydrogen-bond acceptors (Lipinski definition) is 2. The number of aromatic nitrogens is 2. The van der Waals surface area contributed by atoms with Crippen molar-refractivity contribution >= 4 is 32.9 Å². The van der Waals surface area contributed by atoms with Gasteiger partial charge in [-0.15, -0.1) is 0 Å². The molecule has 5 aromatic carbocycles. The second-order valence-electron chi connectivity index (χ2n) is 9.89. The zero-order chi connectivity index (χ0) is 24.9. The maximum absolute atomic E-state index is 5.96. The van der Waals surface area contributed by atoms with Gasteiger partial charge in [-0.2, -0.15) is 0 Å². The lowest BCUT2D eigenvalue weighted by Crippen LogP contribution is -1.95. The molecule has 0 saturated heterocycles. The van der Waals surface area contributed by atoms with Crippen LogP contribution in [0.1, 0.15) is 25.3 Å². The summed E-state index contributed by atoms with van der Waals surface area (Å²) in [7, 11) is 0. The van der Waals surface area contributed by atoms with Gasteiger partial charge in [-0.1, -0.05) is 74.5 Å². The molecule has 37 heavy (non-hydrogen) atoms. The van der Waals surface area contributed by atoms with Gasteiger partial charge in [0, 0.05) is 22.0 Å². The molecular weight excluding hydrogens is 452 g/mol. The summed E-state index contributed by atoms with van der Waals surface area (Å²) in [6.07, 6.45) is 0. The highest BCUT2D eigenvalue weighted by Gasteiger charge is 2.14. The predicted octanol–water partition coefficient (Wildman–Crippen LogP) is 9.38. The number of oxazole rings is 1. The second kappa shape index (κ2) is 8.49. The minimum absolute atomic E-state index is 0.517. The van der Waals surface area contributed by atoms with Crippen LogP contribution in [0, 0.1) is 0 Å². The highest BCUT2D eigenvalue weighted by molar-refractivity contribution is 6.10. The van der Waals surface area contributed by atoms with E-state index < -0.39 is 0 Å². The number of nitrogens with zero attached hydrogens (tertiary/aromatic N) is 2. The fourth-order valence-corrected chi connectivity index (χ4v) is 5.24. The SMILES string of the molecule is CC(C)c1ccc(-n2c3ccccc3c3cc(-c4ccc(-c5nc6ccccc6o5)cc4)ccc32)cc1. The van der Waals surface area contributed by atoms with E-state index in [4.69, 9.17) is 4.42 Å². The van der Waals surface area contributed by atoms with Crippen LogP contribution in [0.25, 0.3) is 61.2 Å². The Kier molecular flexibility index (Phi) is 4.97. The van der Waals surface area contributed by atoms with E-state index in [9.17, 15) is 0 Å². The highest BCUT2D eigenvalue weighted by Crippen LogP contribution is 2.35. The van der Waals surface area contributed by atoms with Crippen LogP contribution in [0.3, 0.4) is 0 Å². The average Bonchev–Trinajstić information content (AvgIpc) is 3.52. The molecule has 0 saturated carbocycles. The molecule has 0 bridgehead atoms. The third kappa shape index (κ3) is 3.63. The number of hydrogen-bond donors (Lipinski definition) is 0. The molecular formula is C34H26N2O. The zero-order valence-corrected chi connectivity index (χ0v) is 20.8. The number of rotatable bonds is 4. The molecule has 0 atom stereocenters. The summed E-state index contributed by atoms with van der Waals surface area (Å²) >= 11 is 0. The third-order valence-corrected chi connectivity index (χ3v) is 7.25. The molecule has 0 fully saturated rings. The Morgan fingerprint density at radius 2 is 1.30 bits per heavy atom. The van der Waals surface area contributed by atoms with Crippen molar-refractivity contribution in [2.45, 2.75) is 19.8 Å². The van der Waals surface area contributed by atoms with Crippen LogP contribution in [-0.4, -0.2) is 9.55 Å². The van der Waals surface area contributed by atoms with Gasteiger partial charge in [-0.05, 0) is 77.2 Å². The molecule has 3 nitrogen and oxygen atoms in total. The maximum atomic E-state index is 5.96. The third-order valence-electron chi connectivity index (χ3n) is 7.25. The van der Waals surface area contributed by atoms with Gasteiger partial charge in [0.1, 0.15) is 5.52 Å². The summed E-state index contributed by atoms with van der Waals surface area (Å²) in [6.45, 7) is 4.47. The van der Waals surface area contributed by atoms with Crippen LogP contribution in [0.5, 0.6) is 0 Å². The normalized spacial score (nSPS) is 11.8. The van der Waals surface area contributed by atoms with E-state index in [0.29, 0.717) is 11.8 Å². The Balaban J connectivity index is 1.31. The molecule has 178 valence electrons. The van der Waals surface area contributed by atoms with Gasteiger partial charge in [0.2, 0.25) is 5.89 Å². The van der Waals surface area contributed by atoms with Crippen molar-refractivity contribution in [2.24, 2.45) is 0 Å². The number of para-hydroxylation sites is 3. The second-order valence-corrected chi connectivity index (χ2v) is 9.89. The first kappa shape index (κ1) is 21.6. The van der Waals surface area contributed by atoms with E-state index in [1.54, 1.807) is 0 Å². The van der Waals surface area contributed by atoms with Crippen LogP contribution in [-0.2, 0) is 0 Å². The van der Waals surface area contributed by atoms with Gasteiger partial charge in [-0.3, -0.25) is 0 Å². The lowest BCUT2D eigenvalue weighted by molar-refractivity contribution is 0.620. The van der Waals surface area contributed by atoms with E-state index in [1.165, 1.54) is 44.2 Å². The van der Waals surface area contributed by atoms with Crippen molar-refractivity contribution in [3.8, 4) is 28.3 Å². The molecule has 7 rings (SSSR count). The Labute approximate surface area is 215 Å². The minimum atomic E-state index is 0.517. The molecule has 3 heteroatoms. The quantitative estimate of drug-likeness (QED) is 0.252. The van der Waals surface area contributed by atoms with E-state index in [2.05, 4.69) is 114 Å². The summed E-state index contributed by atoms with van der Waals surface area (Å²) in [6, 6.07) is 40.7. The summed E-state index contributed by atoms with van der Waals surface area (Å²) < 4.78 is 8.33. The Morgan fingerprint density at radius 3 is 2.08 bits per heavy atom. The van der Waals surface area contributed by atoms with Crippen LogP contribution in [0.15, 0.2) is 120 Å². The summed E-state index contributed by atoms with van der Waals surface area (Å²) in [5, 5.41) is 2.51. The van der Waals surface area contributed by atoms with Crippen LogP contribution in [0.2, 0.25) is 0 Å². The van der Waals surface area contributed by atoms with Gasteiger partial charge in [0.25, 0.3) is 0 Å². The van der Waals surface area contributed by atoms with E-state index >= 15 is 0 Å². The van der Waals surface area contributed by atoms with Gasteiger partial charge in [0.05, 0.1) is 11.0 Å². The highest BCUT2D eigenvalue weighted by atomic mass is 16.3. The summed E-state index contributed by atoms with van der Waals surface area (Å²) in [5.74, 6) is 1.17. The Morgan fingerprint density at radius 1 is 0.622 bits per heavy atom. The fraction of sp³-hybridized carbons (Fsp3) is 0.0882. The average molecular weight is 479 g/mol. The van der Waals surface area contributed by atoms with Crippen LogP contribution < -0.4 is 0 Å². The fourth-order valence-electron chi connectivity index (χ4n) is 5.24. The first-order valence-electron chi connectivity index (χ1n) is 12.8. The van der Waals surface area contributed by atoms with E-state index in [-0.39, 0.29) is 0 Å². The van der Waals surface area contributed by atoms with E-state index in [1.807, 2.05) is 24.3 Å². The smallest absolute Gasteiger partial charge is 0.227 e. The largest absolute Gasteiger partial charge is 0.436 e. The predicted molar refractivity (Wildman–Crippen MR) is 153 cm³/mol. The van der Waals surface area contributed by atoms with Gasteiger partial charge < -0.3 is 8.98 Å². The number of benzene rings is 5. The topological polar surface area (TPSA) is 31.0 Å². The molecule has 0 spiro atoms. The molecule has 0 N–H and O–H groups in total. The summed E-state index contributed by atoms with van der Waals surface area (Å²) in [5.41, 5.74) is 9.99. The molecule has 0 aliphatic rings. The van der Waals surface area contributed by atoms with Gasteiger partial charge in [-0.25, -0.2) is 4.98 Å². The lowest BCUT2D eigenvalue weighted by Gasteiger charge is -2.11. The minimum Gasteiger partial charge on any atom is -0.436 e. The van der Waals surface area contributed by atoms with Crippen molar-refractivity contribution in [3.05, 3.63) is 121 Å². The molecule has 0 amide bonds. The molecule has 0 aliphatic heterocycles. The number of fused-ring (bicyclic) bond motifs is 4.